The molecule has 0 amide bonds. The smallest absolute Gasteiger partial charge is 0.338 e. The first-order valence-corrected chi connectivity index (χ1v) is 6.99. The number of hydrogen-bond donors (Lipinski definition) is 1. The van der Waals surface area contributed by atoms with Crippen LogP contribution >= 0.6 is 23.1 Å². The summed E-state index contributed by atoms with van der Waals surface area (Å²) < 4.78 is 14.1. The van der Waals surface area contributed by atoms with Crippen molar-refractivity contribution in [1.29, 1.82) is 0 Å². The average molecular weight is 283 g/mol. The van der Waals surface area contributed by atoms with Gasteiger partial charge in [0.25, 0.3) is 0 Å². The van der Waals surface area contributed by atoms with Crippen molar-refractivity contribution in [2.24, 2.45) is 0 Å². The molecule has 94 valence electrons. The van der Waals surface area contributed by atoms with E-state index in [0.717, 1.165) is 15.6 Å². The van der Waals surface area contributed by atoms with Crippen molar-refractivity contribution in [2.75, 3.05) is 0 Å². The molecule has 0 atom stereocenters. The molecule has 0 aliphatic carbocycles. The zero-order valence-electron chi connectivity index (χ0n) is 9.51. The average Bonchev–Trinajstić information content (AvgIpc) is 2.74. The summed E-state index contributed by atoms with van der Waals surface area (Å²) in [6.07, 6.45) is 0. The van der Waals surface area contributed by atoms with Crippen molar-refractivity contribution >= 4 is 29.1 Å². The maximum absolute atomic E-state index is 13.2. The number of thioether (sulfide) groups is 1. The third-order valence-corrected chi connectivity index (χ3v) is 4.43. The molecule has 1 aromatic carbocycles. The monoisotopic (exact) mass is 283 g/mol. The topological polar surface area (TPSA) is 50.2 Å². The van der Waals surface area contributed by atoms with E-state index in [1.165, 1.54) is 23.9 Å². The Morgan fingerprint density at radius 2 is 2.33 bits per heavy atom. The quantitative estimate of drug-likeness (QED) is 0.871. The van der Waals surface area contributed by atoms with E-state index in [0.29, 0.717) is 5.75 Å². The molecule has 2 aromatic rings. The Bertz CT molecular complexity index is 583. The lowest BCUT2D eigenvalue weighted by Gasteiger charge is -2.02. The van der Waals surface area contributed by atoms with Gasteiger partial charge in [0.1, 0.15) is 10.2 Å². The van der Waals surface area contributed by atoms with Gasteiger partial charge in [-0.25, -0.2) is 14.2 Å². The van der Waals surface area contributed by atoms with Gasteiger partial charge in [0.15, 0.2) is 0 Å². The van der Waals surface area contributed by atoms with Crippen LogP contribution in [-0.4, -0.2) is 16.1 Å². The van der Waals surface area contributed by atoms with E-state index in [1.807, 2.05) is 12.3 Å². The number of aryl methyl sites for hydroxylation is 1. The highest BCUT2D eigenvalue weighted by molar-refractivity contribution is 8.00. The minimum Gasteiger partial charge on any atom is -0.478 e. The number of carboxylic acids is 1. The summed E-state index contributed by atoms with van der Waals surface area (Å²) in [7, 11) is 0. The SMILES string of the molecule is Cc1csc(SCc2ccc(F)c(C(=O)O)c2)n1. The molecule has 3 nitrogen and oxygen atoms in total. The van der Waals surface area contributed by atoms with Crippen molar-refractivity contribution in [3.8, 4) is 0 Å². The number of carbonyl (C=O) groups is 1. The van der Waals surface area contributed by atoms with Crippen molar-refractivity contribution in [3.63, 3.8) is 0 Å². The minimum atomic E-state index is -1.25. The molecular formula is C12H10FNO2S2. The first-order chi connectivity index (χ1) is 8.56. The van der Waals surface area contributed by atoms with Gasteiger partial charge in [-0.2, -0.15) is 0 Å². The molecule has 6 heteroatoms. The van der Waals surface area contributed by atoms with Crippen LogP contribution in [0.4, 0.5) is 4.39 Å². The second kappa shape index (κ2) is 5.49. The molecule has 0 saturated carbocycles. The van der Waals surface area contributed by atoms with Gasteiger partial charge < -0.3 is 5.11 Å². The van der Waals surface area contributed by atoms with Crippen molar-refractivity contribution < 1.29 is 14.3 Å². The number of rotatable bonds is 4. The molecule has 2 rings (SSSR count). The van der Waals surface area contributed by atoms with E-state index < -0.39 is 11.8 Å². The van der Waals surface area contributed by atoms with E-state index in [9.17, 15) is 9.18 Å². The predicted octanol–water partition coefficient (Wildman–Crippen LogP) is 3.58. The molecule has 1 heterocycles. The molecule has 0 spiro atoms. The van der Waals surface area contributed by atoms with Crippen LogP contribution < -0.4 is 0 Å². The van der Waals surface area contributed by atoms with Crippen molar-refractivity contribution in [2.45, 2.75) is 17.0 Å². The van der Waals surface area contributed by atoms with Crippen LogP contribution in [0.15, 0.2) is 27.9 Å². The van der Waals surface area contributed by atoms with Crippen molar-refractivity contribution in [1.82, 2.24) is 4.98 Å². The highest BCUT2D eigenvalue weighted by atomic mass is 32.2. The highest BCUT2D eigenvalue weighted by Crippen LogP contribution is 2.26. The summed E-state index contributed by atoms with van der Waals surface area (Å²) in [6.45, 7) is 1.92. The second-order valence-corrected chi connectivity index (χ2v) is 5.74. The maximum Gasteiger partial charge on any atom is 0.338 e. The van der Waals surface area contributed by atoms with Crippen LogP contribution in [0, 0.1) is 12.7 Å². The predicted molar refractivity (Wildman–Crippen MR) is 69.8 cm³/mol. The summed E-state index contributed by atoms with van der Waals surface area (Å²) >= 11 is 3.06. The lowest BCUT2D eigenvalue weighted by atomic mass is 10.1. The van der Waals surface area contributed by atoms with Gasteiger partial charge in [-0.05, 0) is 24.6 Å². The molecule has 0 radical (unpaired) electrons. The number of benzene rings is 1. The van der Waals surface area contributed by atoms with Gasteiger partial charge in [-0.15, -0.1) is 11.3 Å². The van der Waals surface area contributed by atoms with E-state index in [2.05, 4.69) is 4.98 Å². The summed E-state index contributed by atoms with van der Waals surface area (Å²) in [4.78, 5) is 15.1. The van der Waals surface area contributed by atoms with Crippen LogP contribution in [0.3, 0.4) is 0 Å². The Kier molecular flexibility index (Phi) is 3.98. The van der Waals surface area contributed by atoms with E-state index in [-0.39, 0.29) is 5.56 Å². The normalized spacial score (nSPS) is 10.6. The van der Waals surface area contributed by atoms with E-state index >= 15 is 0 Å². The lowest BCUT2D eigenvalue weighted by Crippen LogP contribution is -2.01. The number of thiazole rings is 1. The summed E-state index contributed by atoms with van der Waals surface area (Å²) in [6, 6.07) is 4.15. The van der Waals surface area contributed by atoms with Gasteiger partial charge in [0, 0.05) is 16.8 Å². The Morgan fingerprint density at radius 1 is 1.56 bits per heavy atom. The standard InChI is InChI=1S/C12H10FNO2S2/c1-7-5-17-12(14-7)18-6-8-2-3-10(13)9(4-8)11(15)16/h2-5H,6H2,1H3,(H,15,16). The third kappa shape index (κ3) is 3.08. The van der Waals surface area contributed by atoms with Gasteiger partial charge in [0.05, 0.1) is 5.56 Å². The Balaban J connectivity index is 2.10. The van der Waals surface area contributed by atoms with Crippen LogP contribution in [0.2, 0.25) is 0 Å². The minimum absolute atomic E-state index is 0.289. The molecule has 0 saturated heterocycles. The fourth-order valence-corrected chi connectivity index (χ4v) is 3.16. The van der Waals surface area contributed by atoms with E-state index in [1.54, 1.807) is 17.4 Å². The van der Waals surface area contributed by atoms with Crippen LogP contribution in [0.25, 0.3) is 0 Å². The molecule has 1 N–H and O–H groups in total. The molecular weight excluding hydrogens is 273 g/mol. The Hall–Kier alpha value is -1.40. The Morgan fingerprint density at radius 3 is 2.94 bits per heavy atom. The number of carboxylic acid groups (broad SMARTS) is 1. The van der Waals surface area contributed by atoms with Crippen LogP contribution in [-0.2, 0) is 5.75 Å². The van der Waals surface area contributed by atoms with Gasteiger partial charge >= 0.3 is 5.97 Å². The molecule has 0 bridgehead atoms. The van der Waals surface area contributed by atoms with Gasteiger partial charge in [-0.1, -0.05) is 17.8 Å². The van der Waals surface area contributed by atoms with E-state index in [4.69, 9.17) is 5.11 Å². The Labute approximate surface area is 112 Å². The molecule has 0 fully saturated rings. The van der Waals surface area contributed by atoms with Gasteiger partial charge in [-0.3, -0.25) is 0 Å². The summed E-state index contributed by atoms with van der Waals surface area (Å²) in [5, 5.41) is 10.8. The number of aromatic carboxylic acids is 1. The lowest BCUT2D eigenvalue weighted by molar-refractivity contribution is 0.0692. The van der Waals surface area contributed by atoms with Crippen LogP contribution in [0.5, 0.6) is 0 Å². The number of nitrogens with zero attached hydrogens (tertiary/aromatic N) is 1. The zero-order valence-corrected chi connectivity index (χ0v) is 11.1. The number of halogens is 1. The third-order valence-electron chi connectivity index (χ3n) is 2.22. The maximum atomic E-state index is 13.2. The fraction of sp³-hybridized carbons (Fsp3) is 0.167. The fourth-order valence-electron chi connectivity index (χ4n) is 1.37. The number of hydrogen-bond acceptors (Lipinski definition) is 4. The molecule has 18 heavy (non-hydrogen) atoms. The summed E-state index contributed by atoms with van der Waals surface area (Å²) in [5.41, 5.74) is 1.45. The summed E-state index contributed by atoms with van der Waals surface area (Å²) in [5.74, 6) is -1.38. The largest absolute Gasteiger partial charge is 0.478 e. The van der Waals surface area contributed by atoms with Crippen molar-refractivity contribution in [3.05, 3.63) is 46.2 Å². The highest BCUT2D eigenvalue weighted by Gasteiger charge is 2.11. The zero-order chi connectivity index (χ0) is 13.1. The second-order valence-electron chi connectivity index (χ2n) is 3.66. The van der Waals surface area contributed by atoms with Crippen LogP contribution in [0.1, 0.15) is 21.6 Å². The molecule has 0 aliphatic rings. The number of aromatic nitrogens is 1. The first kappa shape index (κ1) is 13.0. The van der Waals surface area contributed by atoms with Gasteiger partial charge in [0.2, 0.25) is 0 Å². The molecule has 0 unspecified atom stereocenters. The molecule has 0 aliphatic heterocycles. The molecule has 1 aromatic heterocycles. The first-order valence-electron chi connectivity index (χ1n) is 5.13.